The first-order chi connectivity index (χ1) is 12.1. The summed E-state index contributed by atoms with van der Waals surface area (Å²) in [5.74, 6) is 1.12. The molecule has 0 aliphatic rings. The molecule has 1 N–H and O–H groups in total. The average molecular weight is 354 g/mol. The topological polar surface area (TPSA) is 73.1 Å². The Kier molecular flexibility index (Phi) is 3.58. The minimum absolute atomic E-state index is 0.0583. The van der Waals surface area contributed by atoms with Gasteiger partial charge in [-0.15, -0.1) is 0 Å². The number of fused-ring (bicyclic) bond motifs is 3. The molecule has 0 bridgehead atoms. The lowest BCUT2D eigenvalue weighted by molar-refractivity contribution is 0.373. The molecule has 0 aliphatic carbocycles. The van der Waals surface area contributed by atoms with Crippen LogP contribution in [0.2, 0.25) is 0 Å². The highest BCUT2D eigenvalue weighted by molar-refractivity contribution is 7.15. The second-order valence-electron chi connectivity index (χ2n) is 5.43. The fraction of sp³-hybridized carbons (Fsp3) is 0.111. The standard InChI is InChI=1S/C18H14N2O4S/c1-23-11-4-5-13-12(9-11)19-18-20(13)17(22)16(25-18)8-10-3-6-14(21)15(7-10)24-2/h3-9,21H,1-2H3/b16-8+. The predicted molar refractivity (Wildman–Crippen MR) is 96.8 cm³/mol. The van der Waals surface area contributed by atoms with E-state index in [1.54, 1.807) is 29.7 Å². The zero-order chi connectivity index (χ0) is 17.6. The number of methoxy groups -OCH3 is 2. The van der Waals surface area contributed by atoms with E-state index >= 15 is 0 Å². The van der Waals surface area contributed by atoms with E-state index in [9.17, 15) is 9.90 Å². The molecule has 126 valence electrons. The summed E-state index contributed by atoms with van der Waals surface area (Å²) in [6, 6.07) is 10.4. The molecule has 2 heterocycles. The maximum absolute atomic E-state index is 12.8. The van der Waals surface area contributed by atoms with Gasteiger partial charge in [0.15, 0.2) is 16.5 Å². The van der Waals surface area contributed by atoms with Gasteiger partial charge in [0.05, 0.1) is 29.8 Å². The van der Waals surface area contributed by atoms with Gasteiger partial charge in [-0.25, -0.2) is 9.38 Å². The van der Waals surface area contributed by atoms with Crippen molar-refractivity contribution < 1.29 is 14.6 Å². The second kappa shape index (κ2) is 5.78. The number of aromatic nitrogens is 2. The third-order valence-electron chi connectivity index (χ3n) is 3.95. The van der Waals surface area contributed by atoms with Crippen LogP contribution in [0.1, 0.15) is 5.56 Å². The van der Waals surface area contributed by atoms with E-state index in [-0.39, 0.29) is 11.3 Å². The van der Waals surface area contributed by atoms with Gasteiger partial charge >= 0.3 is 0 Å². The summed E-state index contributed by atoms with van der Waals surface area (Å²) < 4.78 is 12.5. The van der Waals surface area contributed by atoms with Crippen LogP contribution < -0.4 is 19.6 Å². The summed E-state index contributed by atoms with van der Waals surface area (Å²) in [7, 11) is 3.08. The Morgan fingerprint density at radius 1 is 1.16 bits per heavy atom. The van der Waals surface area contributed by atoms with Crippen molar-refractivity contribution in [3.8, 4) is 17.2 Å². The van der Waals surface area contributed by atoms with Gasteiger partial charge in [-0.2, -0.15) is 0 Å². The number of nitrogens with zero attached hydrogens (tertiary/aromatic N) is 2. The highest BCUT2D eigenvalue weighted by atomic mass is 32.1. The number of hydrogen-bond donors (Lipinski definition) is 1. The minimum Gasteiger partial charge on any atom is -0.504 e. The minimum atomic E-state index is -0.125. The Labute approximate surface area is 146 Å². The number of thiazole rings is 1. The van der Waals surface area contributed by atoms with Crippen molar-refractivity contribution in [2.75, 3.05) is 14.2 Å². The molecule has 0 amide bonds. The van der Waals surface area contributed by atoms with Gasteiger partial charge in [0.25, 0.3) is 5.56 Å². The van der Waals surface area contributed by atoms with Crippen molar-refractivity contribution in [3.05, 3.63) is 56.8 Å². The lowest BCUT2D eigenvalue weighted by Gasteiger charge is -2.03. The van der Waals surface area contributed by atoms with E-state index in [4.69, 9.17) is 9.47 Å². The van der Waals surface area contributed by atoms with E-state index in [1.807, 2.05) is 18.2 Å². The van der Waals surface area contributed by atoms with E-state index in [0.717, 1.165) is 16.6 Å². The summed E-state index contributed by atoms with van der Waals surface area (Å²) in [5, 5.41) is 9.68. The van der Waals surface area contributed by atoms with Gasteiger partial charge in [0.2, 0.25) is 0 Å². The largest absolute Gasteiger partial charge is 0.504 e. The maximum atomic E-state index is 12.8. The van der Waals surface area contributed by atoms with E-state index in [2.05, 4.69) is 4.98 Å². The number of benzene rings is 2. The first-order valence-corrected chi connectivity index (χ1v) is 8.30. The molecule has 4 rings (SSSR count). The SMILES string of the molecule is COc1ccc2c(c1)nc1s/c(=C/c3ccc(O)c(OC)c3)c(=O)n12. The van der Waals surface area contributed by atoms with E-state index < -0.39 is 0 Å². The summed E-state index contributed by atoms with van der Waals surface area (Å²) in [4.78, 5) is 17.9. The van der Waals surface area contributed by atoms with Crippen LogP contribution in [0.3, 0.4) is 0 Å². The average Bonchev–Trinajstić information content (AvgIpc) is 3.12. The van der Waals surface area contributed by atoms with Gasteiger partial charge in [-0.1, -0.05) is 17.4 Å². The van der Waals surface area contributed by atoms with Gasteiger partial charge in [0, 0.05) is 6.07 Å². The lowest BCUT2D eigenvalue weighted by atomic mass is 10.2. The second-order valence-corrected chi connectivity index (χ2v) is 6.44. The Hall–Kier alpha value is -3.06. The third kappa shape index (κ3) is 2.49. The zero-order valence-electron chi connectivity index (χ0n) is 13.5. The van der Waals surface area contributed by atoms with Gasteiger partial charge < -0.3 is 14.6 Å². The van der Waals surface area contributed by atoms with E-state index in [1.165, 1.54) is 24.5 Å². The summed E-state index contributed by atoms with van der Waals surface area (Å²) >= 11 is 1.32. The molecular weight excluding hydrogens is 340 g/mol. The Morgan fingerprint density at radius 2 is 2.00 bits per heavy atom. The molecular formula is C18H14N2O4S. The van der Waals surface area contributed by atoms with Crippen LogP contribution in [0.4, 0.5) is 0 Å². The van der Waals surface area contributed by atoms with Gasteiger partial charge in [-0.05, 0) is 35.9 Å². The van der Waals surface area contributed by atoms with Crippen LogP contribution in [0.5, 0.6) is 17.2 Å². The molecule has 0 saturated carbocycles. The van der Waals surface area contributed by atoms with Crippen LogP contribution in [-0.2, 0) is 0 Å². The van der Waals surface area contributed by atoms with Crippen LogP contribution in [0.15, 0.2) is 41.2 Å². The molecule has 2 aromatic heterocycles. The fourth-order valence-corrected chi connectivity index (χ4v) is 3.70. The molecule has 25 heavy (non-hydrogen) atoms. The Bertz CT molecular complexity index is 1210. The number of phenolic OH excluding ortho intramolecular Hbond substituents is 1. The maximum Gasteiger partial charge on any atom is 0.274 e. The van der Waals surface area contributed by atoms with Crippen molar-refractivity contribution in [1.82, 2.24) is 9.38 Å². The Morgan fingerprint density at radius 3 is 2.76 bits per heavy atom. The van der Waals surface area contributed by atoms with Crippen LogP contribution >= 0.6 is 11.3 Å². The van der Waals surface area contributed by atoms with Crippen LogP contribution in [0.25, 0.3) is 22.1 Å². The fourth-order valence-electron chi connectivity index (χ4n) is 2.71. The zero-order valence-corrected chi connectivity index (χ0v) is 14.3. The molecule has 6 nitrogen and oxygen atoms in total. The van der Waals surface area contributed by atoms with E-state index in [0.29, 0.717) is 21.0 Å². The molecule has 0 atom stereocenters. The smallest absolute Gasteiger partial charge is 0.274 e. The summed E-state index contributed by atoms with van der Waals surface area (Å²) in [6.07, 6.45) is 1.76. The number of hydrogen-bond acceptors (Lipinski definition) is 6. The van der Waals surface area contributed by atoms with Gasteiger partial charge in [0.1, 0.15) is 5.75 Å². The van der Waals surface area contributed by atoms with Crippen LogP contribution in [0, 0.1) is 0 Å². The number of rotatable bonds is 3. The van der Waals surface area contributed by atoms with Crippen LogP contribution in [-0.4, -0.2) is 28.7 Å². The number of phenols is 1. The molecule has 0 unspecified atom stereocenters. The quantitative estimate of drug-likeness (QED) is 0.610. The molecule has 4 aromatic rings. The predicted octanol–water partition coefficient (Wildman–Crippen LogP) is 2.18. The number of imidazole rings is 1. The number of ether oxygens (including phenoxy) is 2. The molecule has 7 heteroatoms. The molecule has 0 radical (unpaired) electrons. The molecule has 0 aliphatic heterocycles. The van der Waals surface area contributed by atoms with Crippen molar-refractivity contribution in [1.29, 1.82) is 0 Å². The van der Waals surface area contributed by atoms with Crippen molar-refractivity contribution in [3.63, 3.8) is 0 Å². The van der Waals surface area contributed by atoms with Crippen molar-refractivity contribution in [2.24, 2.45) is 0 Å². The normalized spacial score (nSPS) is 12.2. The monoisotopic (exact) mass is 354 g/mol. The first-order valence-electron chi connectivity index (χ1n) is 7.48. The van der Waals surface area contributed by atoms with Crippen molar-refractivity contribution in [2.45, 2.75) is 0 Å². The molecule has 0 spiro atoms. The highest BCUT2D eigenvalue weighted by Gasteiger charge is 2.12. The lowest BCUT2D eigenvalue weighted by Crippen LogP contribution is -2.22. The molecule has 2 aromatic carbocycles. The highest BCUT2D eigenvalue weighted by Crippen LogP contribution is 2.26. The Balaban J connectivity index is 1.91. The van der Waals surface area contributed by atoms with Gasteiger partial charge in [-0.3, -0.25) is 4.79 Å². The summed E-state index contributed by atoms with van der Waals surface area (Å²) in [5.41, 5.74) is 2.11. The summed E-state index contributed by atoms with van der Waals surface area (Å²) in [6.45, 7) is 0. The molecule has 0 saturated heterocycles. The molecule has 0 fully saturated rings. The third-order valence-corrected chi connectivity index (χ3v) is 4.92. The number of aromatic hydroxyl groups is 1. The van der Waals surface area contributed by atoms with Crippen molar-refractivity contribution >= 4 is 33.4 Å². The first kappa shape index (κ1) is 15.5.